The standard InChI is InChI=1S/C16H28/c1-13-7-5-8-14(2)11-12-16(4)15(3)10-6-9-13/h6,10,13,15-16H,2,5,7-9,11-12H2,1,3-4H3. The monoisotopic (exact) mass is 220 g/mol. The van der Waals surface area contributed by atoms with Gasteiger partial charge in [-0.15, -0.1) is 0 Å². The van der Waals surface area contributed by atoms with Crippen LogP contribution in [0, 0.1) is 17.8 Å². The second-order valence-corrected chi connectivity index (χ2v) is 5.79. The van der Waals surface area contributed by atoms with Crippen LogP contribution in [0.5, 0.6) is 0 Å². The highest BCUT2D eigenvalue weighted by molar-refractivity contribution is 4.97. The molecule has 0 fully saturated rings. The van der Waals surface area contributed by atoms with E-state index in [1.165, 1.54) is 44.1 Å². The molecular weight excluding hydrogens is 192 g/mol. The quantitative estimate of drug-likeness (QED) is 0.482. The maximum absolute atomic E-state index is 4.21. The number of hydrogen-bond acceptors (Lipinski definition) is 0. The van der Waals surface area contributed by atoms with Gasteiger partial charge < -0.3 is 0 Å². The summed E-state index contributed by atoms with van der Waals surface area (Å²) in [6.07, 6.45) is 12.5. The summed E-state index contributed by atoms with van der Waals surface area (Å²) in [5, 5.41) is 0. The van der Waals surface area contributed by atoms with Crippen LogP contribution >= 0.6 is 0 Å². The first kappa shape index (κ1) is 13.5. The summed E-state index contributed by atoms with van der Waals surface area (Å²) in [6, 6.07) is 0. The van der Waals surface area contributed by atoms with E-state index in [0.29, 0.717) is 0 Å². The van der Waals surface area contributed by atoms with Crippen molar-refractivity contribution in [3.63, 3.8) is 0 Å². The molecule has 0 aromatic carbocycles. The zero-order valence-electron chi connectivity index (χ0n) is 11.3. The van der Waals surface area contributed by atoms with Crippen LogP contribution in [0.3, 0.4) is 0 Å². The average molecular weight is 220 g/mol. The molecule has 0 aromatic rings. The van der Waals surface area contributed by atoms with Crippen LogP contribution < -0.4 is 0 Å². The highest BCUT2D eigenvalue weighted by Gasteiger charge is 2.11. The molecule has 0 saturated carbocycles. The molecule has 16 heavy (non-hydrogen) atoms. The van der Waals surface area contributed by atoms with Crippen molar-refractivity contribution in [3.05, 3.63) is 24.3 Å². The van der Waals surface area contributed by atoms with Gasteiger partial charge in [-0.05, 0) is 49.9 Å². The molecule has 0 nitrogen and oxygen atoms in total. The third-order valence-corrected chi connectivity index (χ3v) is 4.06. The Morgan fingerprint density at radius 1 is 1.12 bits per heavy atom. The molecule has 92 valence electrons. The summed E-state index contributed by atoms with van der Waals surface area (Å²) in [7, 11) is 0. The second-order valence-electron chi connectivity index (χ2n) is 5.79. The van der Waals surface area contributed by atoms with Gasteiger partial charge in [0.1, 0.15) is 0 Å². The van der Waals surface area contributed by atoms with Gasteiger partial charge in [0.05, 0.1) is 0 Å². The van der Waals surface area contributed by atoms with Crippen LogP contribution in [0.15, 0.2) is 24.3 Å². The van der Waals surface area contributed by atoms with Gasteiger partial charge in [0, 0.05) is 0 Å². The maximum atomic E-state index is 4.21. The molecular formula is C16H28. The van der Waals surface area contributed by atoms with Crippen LogP contribution in [0.4, 0.5) is 0 Å². The minimum Gasteiger partial charge on any atom is -0.0999 e. The van der Waals surface area contributed by atoms with E-state index in [1.54, 1.807) is 0 Å². The van der Waals surface area contributed by atoms with Gasteiger partial charge in [0.2, 0.25) is 0 Å². The van der Waals surface area contributed by atoms with Gasteiger partial charge in [0.15, 0.2) is 0 Å². The first-order valence-corrected chi connectivity index (χ1v) is 6.93. The van der Waals surface area contributed by atoms with Crippen molar-refractivity contribution >= 4 is 0 Å². The second kappa shape index (κ2) is 6.93. The Balaban J connectivity index is 2.56. The first-order valence-electron chi connectivity index (χ1n) is 6.93. The Hall–Kier alpha value is -0.520. The van der Waals surface area contributed by atoms with Gasteiger partial charge in [-0.25, -0.2) is 0 Å². The molecule has 1 rings (SSSR count). The lowest BCUT2D eigenvalue weighted by molar-refractivity contribution is 0.418. The minimum absolute atomic E-state index is 0.722. The van der Waals surface area contributed by atoms with Gasteiger partial charge in [-0.2, -0.15) is 0 Å². The van der Waals surface area contributed by atoms with E-state index in [4.69, 9.17) is 0 Å². The zero-order valence-corrected chi connectivity index (χ0v) is 11.3. The van der Waals surface area contributed by atoms with Crippen molar-refractivity contribution in [1.82, 2.24) is 0 Å². The van der Waals surface area contributed by atoms with Crippen LogP contribution in [-0.2, 0) is 0 Å². The molecule has 0 amide bonds. The largest absolute Gasteiger partial charge is 0.0999 e. The third-order valence-electron chi connectivity index (χ3n) is 4.06. The molecule has 0 aliphatic heterocycles. The highest BCUT2D eigenvalue weighted by atomic mass is 14.2. The SMILES string of the molecule is C=C1CCCC(C)CC=CC(C)C(C)CC1. The number of rotatable bonds is 0. The van der Waals surface area contributed by atoms with Crippen molar-refractivity contribution in [2.45, 2.75) is 59.3 Å². The van der Waals surface area contributed by atoms with Crippen molar-refractivity contribution in [2.24, 2.45) is 17.8 Å². The van der Waals surface area contributed by atoms with Crippen LogP contribution in [-0.4, -0.2) is 0 Å². The molecule has 3 atom stereocenters. The Morgan fingerprint density at radius 3 is 2.62 bits per heavy atom. The van der Waals surface area contributed by atoms with E-state index in [1.807, 2.05) is 0 Å². The Bertz CT molecular complexity index is 236. The molecule has 1 aliphatic carbocycles. The van der Waals surface area contributed by atoms with E-state index >= 15 is 0 Å². The lowest BCUT2D eigenvalue weighted by atomic mass is 9.87. The fraction of sp³-hybridized carbons (Fsp3) is 0.750. The molecule has 0 bridgehead atoms. The van der Waals surface area contributed by atoms with E-state index in [9.17, 15) is 0 Å². The lowest BCUT2D eigenvalue weighted by Gasteiger charge is -2.19. The summed E-state index contributed by atoms with van der Waals surface area (Å²) in [5.74, 6) is 2.35. The van der Waals surface area contributed by atoms with E-state index in [0.717, 1.165) is 17.8 Å². The van der Waals surface area contributed by atoms with Crippen LogP contribution in [0.25, 0.3) is 0 Å². The number of allylic oxidation sites excluding steroid dienone is 3. The van der Waals surface area contributed by atoms with E-state index < -0.39 is 0 Å². The van der Waals surface area contributed by atoms with E-state index in [-0.39, 0.29) is 0 Å². The average Bonchev–Trinajstić information content (AvgIpc) is 2.24. The Labute approximate surface area is 102 Å². The summed E-state index contributed by atoms with van der Waals surface area (Å²) < 4.78 is 0. The minimum atomic E-state index is 0.722. The topological polar surface area (TPSA) is 0 Å². The van der Waals surface area contributed by atoms with Crippen molar-refractivity contribution in [3.8, 4) is 0 Å². The van der Waals surface area contributed by atoms with E-state index in [2.05, 4.69) is 39.5 Å². The fourth-order valence-electron chi connectivity index (χ4n) is 2.35. The molecule has 3 unspecified atom stereocenters. The smallest absolute Gasteiger partial charge is 0.0236 e. The molecule has 0 spiro atoms. The number of hydrogen-bond donors (Lipinski definition) is 0. The van der Waals surface area contributed by atoms with Crippen LogP contribution in [0.2, 0.25) is 0 Å². The van der Waals surface area contributed by atoms with Crippen molar-refractivity contribution in [1.29, 1.82) is 0 Å². The normalized spacial score (nSPS) is 34.2. The molecule has 0 radical (unpaired) electrons. The van der Waals surface area contributed by atoms with Gasteiger partial charge in [-0.1, -0.05) is 51.5 Å². The van der Waals surface area contributed by atoms with Gasteiger partial charge in [-0.3, -0.25) is 0 Å². The molecule has 0 saturated heterocycles. The Kier molecular flexibility index (Phi) is 5.87. The van der Waals surface area contributed by atoms with Gasteiger partial charge in [0.25, 0.3) is 0 Å². The summed E-state index contributed by atoms with van der Waals surface area (Å²) >= 11 is 0. The molecule has 1 aliphatic rings. The van der Waals surface area contributed by atoms with Crippen molar-refractivity contribution < 1.29 is 0 Å². The summed E-state index contributed by atoms with van der Waals surface area (Å²) in [5.41, 5.74) is 1.47. The highest BCUT2D eigenvalue weighted by Crippen LogP contribution is 2.25. The molecule has 0 N–H and O–H groups in total. The lowest BCUT2D eigenvalue weighted by Crippen LogP contribution is -2.06. The summed E-state index contributed by atoms with van der Waals surface area (Å²) in [4.78, 5) is 0. The van der Waals surface area contributed by atoms with Gasteiger partial charge >= 0.3 is 0 Å². The Morgan fingerprint density at radius 2 is 1.88 bits per heavy atom. The van der Waals surface area contributed by atoms with Crippen LogP contribution in [0.1, 0.15) is 59.3 Å². The predicted molar refractivity (Wildman–Crippen MR) is 73.5 cm³/mol. The molecule has 0 aromatic heterocycles. The third kappa shape index (κ3) is 5.01. The summed E-state index contributed by atoms with van der Waals surface area (Å²) in [6.45, 7) is 11.3. The fourth-order valence-corrected chi connectivity index (χ4v) is 2.35. The first-order chi connectivity index (χ1) is 7.59. The van der Waals surface area contributed by atoms with Crippen molar-refractivity contribution in [2.75, 3.05) is 0 Å². The molecule has 0 heteroatoms. The zero-order chi connectivity index (χ0) is 12.0. The molecule has 0 heterocycles. The maximum Gasteiger partial charge on any atom is -0.0236 e. The predicted octanol–water partition coefficient (Wildman–Crippen LogP) is 5.36.